The van der Waals surface area contributed by atoms with Crippen molar-refractivity contribution in [2.24, 2.45) is 0 Å². The van der Waals surface area contributed by atoms with Gasteiger partial charge in [0, 0.05) is 37.4 Å². The van der Waals surface area contributed by atoms with Gasteiger partial charge in [-0.2, -0.15) is 4.98 Å². The molecular formula is C27H23Cl2N7. The summed E-state index contributed by atoms with van der Waals surface area (Å²) in [6, 6.07) is 25.8. The van der Waals surface area contributed by atoms with E-state index in [-0.39, 0.29) is 0 Å². The lowest BCUT2D eigenvalue weighted by atomic mass is 10.1. The average Bonchev–Trinajstić information content (AvgIpc) is 3.27. The van der Waals surface area contributed by atoms with Crippen LogP contribution in [0.3, 0.4) is 0 Å². The zero-order valence-corrected chi connectivity index (χ0v) is 20.9. The largest absolute Gasteiger partial charge is 0.383 e. The molecule has 6 rings (SSSR count). The topological polar surface area (TPSA) is 76.1 Å². The fourth-order valence-electron chi connectivity index (χ4n) is 4.56. The van der Waals surface area contributed by atoms with Gasteiger partial charge >= 0.3 is 0 Å². The highest BCUT2D eigenvalue weighted by atomic mass is 35.5. The first-order valence-corrected chi connectivity index (χ1v) is 12.5. The van der Waals surface area contributed by atoms with E-state index in [0.29, 0.717) is 38.5 Å². The normalized spacial score (nSPS) is 13.9. The Morgan fingerprint density at radius 3 is 2.06 bits per heavy atom. The van der Waals surface area contributed by atoms with Crippen LogP contribution in [0.1, 0.15) is 0 Å². The number of nitrogens with zero attached hydrogens (tertiary/aromatic N) is 6. The van der Waals surface area contributed by atoms with Crippen molar-refractivity contribution < 1.29 is 0 Å². The molecule has 9 heteroatoms. The fourth-order valence-corrected chi connectivity index (χ4v) is 4.86. The van der Waals surface area contributed by atoms with Crippen LogP contribution in [0.5, 0.6) is 0 Å². The van der Waals surface area contributed by atoms with Crippen LogP contribution in [-0.2, 0) is 0 Å². The second-order valence-electron chi connectivity index (χ2n) is 8.64. The summed E-state index contributed by atoms with van der Waals surface area (Å²) in [5, 5.41) is 6.37. The Labute approximate surface area is 218 Å². The standard InChI is InChI=1S/C27H23Cl2N7/c28-21-12-11-20(17-22(21)29)36-25(30)23-24(18-7-3-1-4-8-18)31-27(32-26(23)33-36)35-15-13-34(14-16-35)19-9-5-2-6-10-19/h1-12,17H,13-16,30H2. The van der Waals surface area contributed by atoms with Crippen molar-refractivity contribution >= 4 is 51.7 Å². The third kappa shape index (κ3) is 4.10. The molecule has 3 aromatic carbocycles. The third-order valence-electron chi connectivity index (χ3n) is 6.44. The minimum absolute atomic E-state index is 0.430. The molecule has 180 valence electrons. The molecule has 0 radical (unpaired) electrons. The van der Waals surface area contributed by atoms with Crippen LogP contribution < -0.4 is 15.5 Å². The predicted octanol–water partition coefficient (Wildman–Crippen LogP) is 5.70. The van der Waals surface area contributed by atoms with Crippen molar-refractivity contribution in [2.45, 2.75) is 0 Å². The van der Waals surface area contributed by atoms with Gasteiger partial charge in [-0.3, -0.25) is 0 Å². The molecule has 0 spiro atoms. The van der Waals surface area contributed by atoms with Crippen LogP contribution in [0.25, 0.3) is 28.0 Å². The number of anilines is 3. The van der Waals surface area contributed by atoms with Gasteiger partial charge in [0.05, 0.1) is 26.8 Å². The van der Waals surface area contributed by atoms with Crippen molar-refractivity contribution in [3.63, 3.8) is 0 Å². The first kappa shape index (κ1) is 22.6. The molecule has 0 amide bonds. The Morgan fingerprint density at radius 1 is 0.694 bits per heavy atom. The maximum Gasteiger partial charge on any atom is 0.228 e. The second kappa shape index (κ2) is 9.33. The molecule has 0 bridgehead atoms. The number of rotatable bonds is 4. The Bertz CT molecular complexity index is 1530. The first-order chi connectivity index (χ1) is 17.6. The number of benzene rings is 3. The highest BCUT2D eigenvalue weighted by molar-refractivity contribution is 6.42. The Morgan fingerprint density at radius 2 is 1.36 bits per heavy atom. The van der Waals surface area contributed by atoms with Crippen LogP contribution in [-0.4, -0.2) is 45.9 Å². The van der Waals surface area contributed by atoms with Gasteiger partial charge in [-0.25, -0.2) is 9.67 Å². The highest BCUT2D eigenvalue weighted by Gasteiger charge is 2.24. The lowest BCUT2D eigenvalue weighted by Gasteiger charge is -2.36. The number of halogens is 2. The minimum Gasteiger partial charge on any atom is -0.383 e. The van der Waals surface area contributed by atoms with Gasteiger partial charge in [-0.1, -0.05) is 71.7 Å². The summed E-state index contributed by atoms with van der Waals surface area (Å²) < 4.78 is 1.64. The summed E-state index contributed by atoms with van der Waals surface area (Å²) in [7, 11) is 0. The van der Waals surface area contributed by atoms with Crippen LogP contribution >= 0.6 is 23.2 Å². The van der Waals surface area contributed by atoms with E-state index in [1.54, 1.807) is 16.8 Å². The van der Waals surface area contributed by atoms with Crippen molar-refractivity contribution in [1.82, 2.24) is 19.7 Å². The maximum atomic E-state index is 6.63. The molecule has 0 aliphatic carbocycles. The molecular weight excluding hydrogens is 493 g/mol. The smallest absolute Gasteiger partial charge is 0.228 e. The summed E-state index contributed by atoms with van der Waals surface area (Å²) in [4.78, 5) is 14.5. The van der Waals surface area contributed by atoms with E-state index >= 15 is 0 Å². The zero-order chi connectivity index (χ0) is 24.6. The van der Waals surface area contributed by atoms with Gasteiger partial charge in [0.2, 0.25) is 5.95 Å². The van der Waals surface area contributed by atoms with Gasteiger partial charge in [0.15, 0.2) is 5.65 Å². The average molecular weight is 516 g/mol. The van der Waals surface area contributed by atoms with Crippen molar-refractivity contribution in [3.05, 3.63) is 88.9 Å². The van der Waals surface area contributed by atoms with Crippen LogP contribution in [0.2, 0.25) is 10.0 Å². The molecule has 1 aliphatic rings. The van der Waals surface area contributed by atoms with E-state index in [1.165, 1.54) is 5.69 Å². The van der Waals surface area contributed by atoms with Crippen LogP contribution in [0.4, 0.5) is 17.5 Å². The summed E-state index contributed by atoms with van der Waals surface area (Å²) >= 11 is 12.4. The van der Waals surface area contributed by atoms with Gasteiger partial charge in [0.1, 0.15) is 5.82 Å². The van der Waals surface area contributed by atoms with Gasteiger partial charge in [0.25, 0.3) is 0 Å². The number of piperazine rings is 1. The first-order valence-electron chi connectivity index (χ1n) is 11.7. The molecule has 7 nitrogen and oxygen atoms in total. The van der Waals surface area contributed by atoms with E-state index in [2.05, 4.69) is 34.1 Å². The van der Waals surface area contributed by atoms with Gasteiger partial charge in [-0.15, -0.1) is 5.10 Å². The van der Waals surface area contributed by atoms with Gasteiger partial charge < -0.3 is 15.5 Å². The maximum absolute atomic E-state index is 6.63. The molecule has 2 aromatic heterocycles. The van der Waals surface area contributed by atoms with Crippen LogP contribution in [0, 0.1) is 0 Å². The molecule has 3 heterocycles. The molecule has 36 heavy (non-hydrogen) atoms. The van der Waals surface area contributed by atoms with E-state index in [9.17, 15) is 0 Å². The summed E-state index contributed by atoms with van der Waals surface area (Å²) in [5.74, 6) is 1.09. The fraction of sp³-hybridized carbons (Fsp3) is 0.148. The van der Waals surface area contributed by atoms with E-state index in [0.717, 1.165) is 37.4 Å². The molecule has 1 saturated heterocycles. The molecule has 1 aliphatic heterocycles. The quantitative estimate of drug-likeness (QED) is 0.331. The molecule has 0 unspecified atom stereocenters. The number of nitrogens with two attached hydrogens (primary N) is 1. The number of hydrogen-bond donors (Lipinski definition) is 1. The molecule has 2 N–H and O–H groups in total. The molecule has 5 aromatic rings. The monoisotopic (exact) mass is 515 g/mol. The van der Waals surface area contributed by atoms with Crippen LogP contribution in [0.15, 0.2) is 78.9 Å². The van der Waals surface area contributed by atoms with Crippen molar-refractivity contribution in [3.8, 4) is 16.9 Å². The number of hydrogen-bond acceptors (Lipinski definition) is 6. The zero-order valence-electron chi connectivity index (χ0n) is 19.4. The van der Waals surface area contributed by atoms with E-state index in [4.69, 9.17) is 44.0 Å². The number of fused-ring (bicyclic) bond motifs is 1. The summed E-state index contributed by atoms with van der Waals surface area (Å²) in [5.41, 5.74) is 10.8. The highest BCUT2D eigenvalue weighted by Crippen LogP contribution is 2.34. The number of aromatic nitrogens is 4. The molecule has 0 atom stereocenters. The molecule has 1 fully saturated rings. The molecule has 0 saturated carbocycles. The lowest BCUT2D eigenvalue weighted by Crippen LogP contribution is -2.47. The number of para-hydroxylation sites is 1. The Kier molecular flexibility index (Phi) is 5.87. The summed E-state index contributed by atoms with van der Waals surface area (Å²) in [6.07, 6.45) is 0. The van der Waals surface area contributed by atoms with Gasteiger partial charge in [-0.05, 0) is 30.3 Å². The Balaban J connectivity index is 1.42. The van der Waals surface area contributed by atoms with Crippen molar-refractivity contribution in [2.75, 3.05) is 41.7 Å². The van der Waals surface area contributed by atoms with E-state index in [1.807, 2.05) is 42.5 Å². The Hall–Kier alpha value is -3.81. The van der Waals surface area contributed by atoms with E-state index < -0.39 is 0 Å². The van der Waals surface area contributed by atoms with Crippen molar-refractivity contribution in [1.29, 1.82) is 0 Å². The SMILES string of the molecule is Nc1c2c(-c3ccccc3)nc(N3CCN(c4ccccc4)CC3)nc2nn1-c1ccc(Cl)c(Cl)c1. The lowest BCUT2D eigenvalue weighted by molar-refractivity contribution is 0.641. The summed E-state index contributed by atoms with van der Waals surface area (Å²) in [6.45, 7) is 3.37. The number of nitrogen functional groups attached to an aromatic ring is 1. The second-order valence-corrected chi connectivity index (χ2v) is 9.46. The predicted molar refractivity (Wildman–Crippen MR) is 147 cm³/mol. The minimum atomic E-state index is 0.430. The third-order valence-corrected chi connectivity index (χ3v) is 7.18.